The lowest BCUT2D eigenvalue weighted by Crippen LogP contribution is -2.41. The second-order valence-electron chi connectivity index (χ2n) is 6.48. The molecule has 0 unspecified atom stereocenters. The molecule has 0 heterocycles. The minimum atomic E-state index is 0.0810. The van der Waals surface area contributed by atoms with Gasteiger partial charge in [-0.2, -0.15) is 0 Å². The number of hydrogen-bond donors (Lipinski definition) is 1. The van der Waals surface area contributed by atoms with Crippen molar-refractivity contribution in [3.05, 3.63) is 28.2 Å². The fraction of sp³-hybridized carbons (Fsp3) is 0.562. The molecule has 1 amide bonds. The minimum Gasteiger partial charge on any atom is -0.339 e. The van der Waals surface area contributed by atoms with E-state index in [0.29, 0.717) is 17.0 Å². The summed E-state index contributed by atoms with van der Waals surface area (Å²) in [4.78, 5) is 15.4. The Hall–Kier alpha value is -0.480. The molecule has 110 valence electrons. The van der Waals surface area contributed by atoms with E-state index < -0.39 is 0 Å². The zero-order valence-corrected chi connectivity index (χ0v) is 14.8. The summed E-state index contributed by atoms with van der Waals surface area (Å²) in [5.41, 5.74) is 1.12. The van der Waals surface area contributed by atoms with Crippen LogP contribution in [0.5, 0.6) is 0 Å². The molecule has 2 rings (SSSR count). The number of carbonyl (C=O) groups is 1. The third-order valence-corrected chi connectivity index (χ3v) is 5.33. The highest BCUT2D eigenvalue weighted by Crippen LogP contribution is 2.37. The first-order valence-corrected chi connectivity index (χ1v) is 8.30. The lowest BCUT2D eigenvalue weighted by molar-refractivity contribution is 0.0634. The fourth-order valence-corrected chi connectivity index (χ4v) is 3.42. The summed E-state index contributed by atoms with van der Waals surface area (Å²) < 4.78 is 0.836. The number of halogens is 1. The molecule has 1 fully saturated rings. The molecule has 0 atom stereocenters. The molecule has 1 aliphatic carbocycles. The van der Waals surface area contributed by atoms with Gasteiger partial charge < -0.3 is 4.90 Å². The first-order valence-electron chi connectivity index (χ1n) is 7.06. The maximum Gasteiger partial charge on any atom is 0.255 e. The van der Waals surface area contributed by atoms with E-state index in [1.54, 1.807) is 0 Å². The quantitative estimate of drug-likeness (QED) is 0.757. The number of hydrogen-bond acceptors (Lipinski definition) is 2. The maximum absolute atomic E-state index is 12.6. The van der Waals surface area contributed by atoms with Gasteiger partial charge >= 0.3 is 0 Å². The van der Waals surface area contributed by atoms with Crippen molar-refractivity contribution < 1.29 is 4.79 Å². The summed E-state index contributed by atoms with van der Waals surface area (Å²) in [6, 6.07) is 5.95. The van der Waals surface area contributed by atoms with Crippen molar-refractivity contribution in [1.29, 1.82) is 0 Å². The molecule has 1 aliphatic rings. The molecular formula is C16H22BrNOS. The van der Waals surface area contributed by atoms with Crippen LogP contribution in [0.25, 0.3) is 0 Å². The highest BCUT2D eigenvalue weighted by molar-refractivity contribution is 9.10. The van der Waals surface area contributed by atoms with Gasteiger partial charge in [-0.15, -0.1) is 12.6 Å². The van der Waals surface area contributed by atoms with E-state index >= 15 is 0 Å². The second-order valence-corrected chi connectivity index (χ2v) is 7.85. The first-order chi connectivity index (χ1) is 9.30. The standard InChI is InChI=1S/C16H22BrNOS/c1-16(2)8-6-11(7-9-16)18(3)15(19)13-10-12(20)4-5-14(13)17/h4-5,10-11,20H,6-9H2,1-3H3. The van der Waals surface area contributed by atoms with Crippen LogP contribution in [0.4, 0.5) is 0 Å². The highest BCUT2D eigenvalue weighted by Gasteiger charge is 2.31. The second kappa shape index (κ2) is 6.10. The molecule has 0 aliphatic heterocycles. The zero-order valence-electron chi connectivity index (χ0n) is 12.3. The Morgan fingerprint density at radius 1 is 1.35 bits per heavy atom. The Balaban J connectivity index is 2.11. The maximum atomic E-state index is 12.6. The fourth-order valence-electron chi connectivity index (χ4n) is 2.80. The Labute approximate surface area is 135 Å². The third-order valence-electron chi connectivity index (χ3n) is 4.36. The van der Waals surface area contributed by atoms with E-state index in [-0.39, 0.29) is 5.91 Å². The monoisotopic (exact) mass is 355 g/mol. The van der Waals surface area contributed by atoms with Gasteiger partial charge in [-0.3, -0.25) is 4.79 Å². The minimum absolute atomic E-state index is 0.0810. The molecule has 20 heavy (non-hydrogen) atoms. The highest BCUT2D eigenvalue weighted by atomic mass is 79.9. The molecule has 0 aromatic heterocycles. The average Bonchev–Trinajstić information content (AvgIpc) is 2.40. The van der Waals surface area contributed by atoms with E-state index in [4.69, 9.17) is 0 Å². The Morgan fingerprint density at radius 3 is 2.55 bits per heavy atom. The van der Waals surface area contributed by atoms with Crippen LogP contribution >= 0.6 is 28.6 Å². The number of benzene rings is 1. The van der Waals surface area contributed by atoms with E-state index in [0.717, 1.165) is 22.2 Å². The number of rotatable bonds is 2. The van der Waals surface area contributed by atoms with E-state index in [2.05, 4.69) is 42.4 Å². The molecule has 0 radical (unpaired) electrons. The van der Waals surface area contributed by atoms with Crippen molar-refractivity contribution >= 4 is 34.5 Å². The summed E-state index contributed by atoms with van der Waals surface area (Å²) in [5, 5.41) is 0. The lowest BCUT2D eigenvalue weighted by atomic mass is 9.75. The summed E-state index contributed by atoms with van der Waals surface area (Å²) in [6.45, 7) is 4.62. The van der Waals surface area contributed by atoms with Gasteiger partial charge in [0.15, 0.2) is 0 Å². The number of thiol groups is 1. The number of nitrogens with zero attached hydrogens (tertiary/aromatic N) is 1. The molecule has 0 spiro atoms. The van der Waals surface area contributed by atoms with Crippen LogP contribution in [0, 0.1) is 5.41 Å². The Morgan fingerprint density at radius 2 is 1.95 bits per heavy atom. The van der Waals surface area contributed by atoms with Crippen LogP contribution in [0.2, 0.25) is 0 Å². The van der Waals surface area contributed by atoms with E-state index in [1.165, 1.54) is 12.8 Å². The third kappa shape index (κ3) is 3.59. The summed E-state index contributed by atoms with van der Waals surface area (Å²) in [5.74, 6) is 0.0810. The lowest BCUT2D eigenvalue weighted by Gasteiger charge is -2.38. The van der Waals surface area contributed by atoms with Gasteiger partial charge in [0.2, 0.25) is 0 Å². The molecule has 1 aromatic rings. The van der Waals surface area contributed by atoms with Crippen molar-refractivity contribution in [2.24, 2.45) is 5.41 Å². The van der Waals surface area contributed by atoms with Gasteiger partial charge in [0.25, 0.3) is 5.91 Å². The van der Waals surface area contributed by atoms with Crippen LogP contribution in [0.15, 0.2) is 27.6 Å². The van der Waals surface area contributed by atoms with Gasteiger partial charge in [0.1, 0.15) is 0 Å². The van der Waals surface area contributed by atoms with E-state index in [9.17, 15) is 4.79 Å². The molecule has 0 saturated heterocycles. The smallest absolute Gasteiger partial charge is 0.255 e. The molecule has 0 bridgehead atoms. The van der Waals surface area contributed by atoms with Gasteiger partial charge in [0.05, 0.1) is 5.56 Å². The SMILES string of the molecule is CN(C(=O)c1cc(S)ccc1Br)C1CCC(C)(C)CC1. The Bertz CT molecular complexity index is 505. The molecule has 1 saturated carbocycles. The molecule has 1 aromatic carbocycles. The van der Waals surface area contributed by atoms with Gasteiger partial charge in [-0.05, 0) is 65.2 Å². The zero-order chi connectivity index (χ0) is 14.9. The molecule has 0 N–H and O–H groups in total. The van der Waals surface area contributed by atoms with Crippen molar-refractivity contribution in [2.45, 2.75) is 50.5 Å². The van der Waals surface area contributed by atoms with Crippen LogP contribution < -0.4 is 0 Å². The summed E-state index contributed by atoms with van der Waals surface area (Å²) in [6.07, 6.45) is 4.55. The van der Waals surface area contributed by atoms with Crippen molar-refractivity contribution in [1.82, 2.24) is 4.90 Å². The average molecular weight is 356 g/mol. The van der Waals surface area contributed by atoms with Crippen LogP contribution in [-0.4, -0.2) is 23.9 Å². The molecule has 2 nitrogen and oxygen atoms in total. The largest absolute Gasteiger partial charge is 0.339 e. The predicted molar refractivity (Wildman–Crippen MR) is 89.5 cm³/mol. The summed E-state index contributed by atoms with van der Waals surface area (Å²) in [7, 11) is 1.92. The number of carbonyl (C=O) groups excluding carboxylic acids is 1. The molecular weight excluding hydrogens is 334 g/mol. The van der Waals surface area contributed by atoms with Crippen molar-refractivity contribution in [2.75, 3.05) is 7.05 Å². The van der Waals surface area contributed by atoms with E-state index in [1.807, 2.05) is 30.1 Å². The van der Waals surface area contributed by atoms with Gasteiger partial charge in [-0.25, -0.2) is 0 Å². The van der Waals surface area contributed by atoms with Gasteiger partial charge in [-0.1, -0.05) is 13.8 Å². The van der Waals surface area contributed by atoms with Crippen molar-refractivity contribution in [3.8, 4) is 0 Å². The van der Waals surface area contributed by atoms with Crippen LogP contribution in [0.3, 0.4) is 0 Å². The topological polar surface area (TPSA) is 20.3 Å². The normalized spacial score (nSPS) is 18.9. The van der Waals surface area contributed by atoms with Gasteiger partial charge in [0, 0.05) is 22.5 Å². The first kappa shape index (κ1) is 15.9. The number of amides is 1. The predicted octanol–water partition coefficient (Wildman–Crippen LogP) is 4.78. The van der Waals surface area contributed by atoms with Crippen LogP contribution in [-0.2, 0) is 0 Å². The Kier molecular flexibility index (Phi) is 4.85. The summed E-state index contributed by atoms with van der Waals surface area (Å²) >= 11 is 7.78. The molecule has 4 heteroatoms. The van der Waals surface area contributed by atoms with Crippen molar-refractivity contribution in [3.63, 3.8) is 0 Å². The van der Waals surface area contributed by atoms with Crippen LogP contribution in [0.1, 0.15) is 49.9 Å².